The van der Waals surface area contributed by atoms with Crippen molar-refractivity contribution in [3.8, 4) is 18.2 Å². The quantitative estimate of drug-likeness (QED) is 0.741. The van der Waals surface area contributed by atoms with Gasteiger partial charge in [-0.05, 0) is 19.8 Å². The third kappa shape index (κ3) is 2.10. The lowest BCUT2D eigenvalue weighted by atomic mass is 10.2. The number of aromatic nitrogens is 5. The Hall–Kier alpha value is -2.46. The molecular weight excluding hydrogens is 258 g/mol. The first kappa shape index (κ1) is 12.6. The summed E-state index contributed by atoms with van der Waals surface area (Å²) >= 11 is 0. The standard InChI is InChI=1S/C13H13N5O2/c1-3-10-4-5-11(20-10)17-6-9(2)12(16-13(17)19)18-8-14-7-15-18/h1,6-8,10-11H,4-5H2,2H3/t10-,11?/m1/s1. The molecule has 1 aliphatic heterocycles. The first-order valence-corrected chi connectivity index (χ1v) is 6.25. The van der Waals surface area contributed by atoms with Crippen LogP contribution >= 0.6 is 0 Å². The maximum Gasteiger partial charge on any atom is 0.351 e. The summed E-state index contributed by atoms with van der Waals surface area (Å²) in [6.07, 6.45) is 10.8. The second kappa shape index (κ2) is 4.90. The van der Waals surface area contributed by atoms with Gasteiger partial charge in [0.15, 0.2) is 5.82 Å². The Bertz CT molecular complexity index is 713. The predicted molar refractivity (Wildman–Crippen MR) is 70.1 cm³/mol. The first-order valence-electron chi connectivity index (χ1n) is 6.25. The van der Waals surface area contributed by atoms with E-state index in [1.54, 1.807) is 6.20 Å². The Morgan fingerprint density at radius 2 is 2.35 bits per heavy atom. The van der Waals surface area contributed by atoms with Crippen molar-refractivity contribution in [1.82, 2.24) is 24.3 Å². The molecule has 7 nitrogen and oxygen atoms in total. The van der Waals surface area contributed by atoms with E-state index in [0.29, 0.717) is 12.2 Å². The lowest BCUT2D eigenvalue weighted by Crippen LogP contribution is -2.29. The summed E-state index contributed by atoms with van der Waals surface area (Å²) in [7, 11) is 0. The Morgan fingerprint density at radius 1 is 1.50 bits per heavy atom. The van der Waals surface area contributed by atoms with E-state index in [9.17, 15) is 4.79 Å². The maximum absolute atomic E-state index is 12.1. The highest BCUT2D eigenvalue weighted by Gasteiger charge is 2.26. The third-order valence-electron chi connectivity index (χ3n) is 3.24. The van der Waals surface area contributed by atoms with Crippen LogP contribution in [0, 0.1) is 19.3 Å². The lowest BCUT2D eigenvalue weighted by Gasteiger charge is -2.15. The summed E-state index contributed by atoms with van der Waals surface area (Å²) in [6, 6.07) is 0. The molecular formula is C13H13N5O2. The zero-order valence-corrected chi connectivity index (χ0v) is 10.9. The number of aryl methyl sites for hydroxylation is 1. The van der Waals surface area contributed by atoms with E-state index in [2.05, 4.69) is 21.0 Å². The van der Waals surface area contributed by atoms with E-state index >= 15 is 0 Å². The van der Waals surface area contributed by atoms with Gasteiger partial charge >= 0.3 is 5.69 Å². The van der Waals surface area contributed by atoms with Gasteiger partial charge in [0.25, 0.3) is 0 Å². The molecule has 3 rings (SSSR count). The SMILES string of the molecule is C#C[C@@H]1CCC(n2cc(C)c(-n3cncn3)nc2=O)O1. The van der Waals surface area contributed by atoms with E-state index in [4.69, 9.17) is 11.2 Å². The van der Waals surface area contributed by atoms with Crippen LogP contribution in [0.2, 0.25) is 0 Å². The monoisotopic (exact) mass is 271 g/mol. The Kier molecular flexibility index (Phi) is 3.08. The number of hydrogen-bond acceptors (Lipinski definition) is 5. The van der Waals surface area contributed by atoms with Crippen molar-refractivity contribution in [2.75, 3.05) is 0 Å². The molecule has 3 heterocycles. The number of nitrogens with zero attached hydrogens (tertiary/aromatic N) is 5. The fourth-order valence-electron chi connectivity index (χ4n) is 2.26. The Morgan fingerprint density at radius 3 is 3.00 bits per heavy atom. The highest BCUT2D eigenvalue weighted by Crippen LogP contribution is 2.26. The summed E-state index contributed by atoms with van der Waals surface area (Å²) in [5.74, 6) is 3.02. The van der Waals surface area contributed by atoms with Crippen molar-refractivity contribution >= 4 is 0 Å². The van der Waals surface area contributed by atoms with E-state index in [0.717, 1.165) is 12.0 Å². The molecule has 7 heteroatoms. The fraction of sp³-hybridized carbons (Fsp3) is 0.385. The largest absolute Gasteiger partial charge is 0.351 e. The molecule has 20 heavy (non-hydrogen) atoms. The van der Waals surface area contributed by atoms with Crippen LogP contribution in [0.3, 0.4) is 0 Å². The summed E-state index contributed by atoms with van der Waals surface area (Å²) in [5, 5.41) is 3.98. The summed E-state index contributed by atoms with van der Waals surface area (Å²) in [5.41, 5.74) is 0.423. The molecule has 1 unspecified atom stereocenters. The molecule has 0 aliphatic carbocycles. The van der Waals surface area contributed by atoms with Crippen molar-refractivity contribution in [2.24, 2.45) is 0 Å². The molecule has 2 atom stereocenters. The van der Waals surface area contributed by atoms with Crippen LogP contribution in [-0.4, -0.2) is 30.4 Å². The predicted octanol–water partition coefficient (Wildman–Crippen LogP) is 0.443. The van der Waals surface area contributed by atoms with Gasteiger partial charge in [0, 0.05) is 11.8 Å². The third-order valence-corrected chi connectivity index (χ3v) is 3.24. The summed E-state index contributed by atoms with van der Waals surface area (Å²) in [6.45, 7) is 1.85. The van der Waals surface area contributed by atoms with Gasteiger partial charge in [-0.15, -0.1) is 6.42 Å². The molecule has 0 bridgehead atoms. The Balaban J connectivity index is 1.98. The molecule has 0 spiro atoms. The molecule has 2 aromatic rings. The molecule has 1 fully saturated rings. The van der Waals surface area contributed by atoms with Gasteiger partial charge in [-0.1, -0.05) is 5.92 Å². The van der Waals surface area contributed by atoms with Gasteiger partial charge in [-0.2, -0.15) is 10.1 Å². The van der Waals surface area contributed by atoms with E-state index in [1.165, 1.54) is 21.9 Å². The molecule has 1 saturated heterocycles. The molecule has 0 N–H and O–H groups in total. The molecule has 102 valence electrons. The van der Waals surface area contributed by atoms with E-state index in [-0.39, 0.29) is 18.0 Å². The Labute approximate surface area is 115 Å². The molecule has 0 aromatic carbocycles. The number of hydrogen-bond donors (Lipinski definition) is 0. The number of ether oxygens (including phenoxy) is 1. The van der Waals surface area contributed by atoms with Crippen molar-refractivity contribution in [2.45, 2.75) is 32.1 Å². The average molecular weight is 271 g/mol. The van der Waals surface area contributed by atoms with Crippen molar-refractivity contribution in [3.05, 3.63) is 34.9 Å². The van der Waals surface area contributed by atoms with Gasteiger partial charge in [0.2, 0.25) is 0 Å². The minimum atomic E-state index is -0.385. The maximum atomic E-state index is 12.1. The molecule has 0 saturated carbocycles. The summed E-state index contributed by atoms with van der Waals surface area (Å²) < 4.78 is 8.55. The molecule has 1 aliphatic rings. The molecule has 0 amide bonds. The van der Waals surface area contributed by atoms with Crippen molar-refractivity contribution in [1.29, 1.82) is 0 Å². The fourth-order valence-corrected chi connectivity index (χ4v) is 2.26. The van der Waals surface area contributed by atoms with Crippen LogP contribution in [-0.2, 0) is 4.74 Å². The van der Waals surface area contributed by atoms with Gasteiger partial charge in [0.05, 0.1) is 0 Å². The topological polar surface area (TPSA) is 74.8 Å². The lowest BCUT2D eigenvalue weighted by molar-refractivity contribution is 0.0242. The second-order valence-electron chi connectivity index (χ2n) is 4.60. The highest BCUT2D eigenvalue weighted by molar-refractivity contribution is 5.28. The van der Waals surface area contributed by atoms with Crippen molar-refractivity contribution in [3.63, 3.8) is 0 Å². The van der Waals surface area contributed by atoms with Crippen molar-refractivity contribution < 1.29 is 4.74 Å². The van der Waals surface area contributed by atoms with Crippen LogP contribution in [0.25, 0.3) is 5.82 Å². The van der Waals surface area contributed by atoms with Gasteiger partial charge in [0.1, 0.15) is 25.0 Å². The minimum absolute atomic E-state index is 0.234. The van der Waals surface area contributed by atoms with Crippen LogP contribution in [0.15, 0.2) is 23.6 Å². The minimum Gasteiger partial charge on any atom is -0.342 e. The van der Waals surface area contributed by atoms with Crippen LogP contribution in [0.5, 0.6) is 0 Å². The van der Waals surface area contributed by atoms with Gasteiger partial charge < -0.3 is 4.74 Å². The van der Waals surface area contributed by atoms with Gasteiger partial charge in [-0.25, -0.2) is 14.5 Å². The molecule has 2 aromatic heterocycles. The first-order chi connectivity index (χ1) is 9.69. The average Bonchev–Trinajstić information content (AvgIpc) is 3.11. The number of terminal acetylenes is 1. The number of rotatable bonds is 2. The molecule has 0 radical (unpaired) electrons. The van der Waals surface area contributed by atoms with E-state index in [1.807, 2.05) is 6.92 Å². The zero-order chi connectivity index (χ0) is 14.1. The highest BCUT2D eigenvalue weighted by atomic mass is 16.5. The van der Waals surface area contributed by atoms with Crippen LogP contribution in [0.1, 0.15) is 24.6 Å². The smallest absolute Gasteiger partial charge is 0.342 e. The second-order valence-corrected chi connectivity index (χ2v) is 4.60. The van der Waals surface area contributed by atoms with E-state index < -0.39 is 0 Å². The van der Waals surface area contributed by atoms with Crippen LogP contribution in [0.4, 0.5) is 0 Å². The summed E-state index contributed by atoms with van der Waals surface area (Å²) in [4.78, 5) is 20.0. The van der Waals surface area contributed by atoms with Crippen LogP contribution < -0.4 is 5.69 Å². The zero-order valence-electron chi connectivity index (χ0n) is 10.9. The normalized spacial score (nSPS) is 21.8. The van der Waals surface area contributed by atoms with Gasteiger partial charge in [-0.3, -0.25) is 4.57 Å².